The Morgan fingerprint density at radius 3 is 2.71 bits per heavy atom. The first-order chi connectivity index (χ1) is 13.6. The van der Waals surface area contributed by atoms with E-state index >= 15 is 0 Å². The van der Waals surface area contributed by atoms with Crippen molar-refractivity contribution in [1.82, 2.24) is 15.2 Å². The summed E-state index contributed by atoms with van der Waals surface area (Å²) in [7, 11) is 0. The number of hydrogen-bond acceptors (Lipinski definition) is 4. The average molecular weight is 393 g/mol. The molecule has 0 saturated heterocycles. The van der Waals surface area contributed by atoms with Gasteiger partial charge in [0, 0.05) is 29.0 Å². The van der Waals surface area contributed by atoms with Gasteiger partial charge in [0.15, 0.2) is 6.10 Å². The highest BCUT2D eigenvalue weighted by Gasteiger charge is 2.17. The standard InChI is InChI=1S/C21H17ClN4O2/c1-13(28-19-5-3-2-4-17(19)22)21(27)24-15-6-7-18-16(12-15)20(26-25-18)14-8-10-23-11-9-14/h2-13H,1H3,(H,24,27)(H,25,26). The average Bonchev–Trinajstić information content (AvgIpc) is 3.13. The van der Waals surface area contributed by atoms with Crippen LogP contribution in [0.3, 0.4) is 0 Å². The number of aromatic nitrogens is 3. The Kier molecular flexibility index (Phi) is 4.95. The summed E-state index contributed by atoms with van der Waals surface area (Å²) in [6, 6.07) is 16.4. The number of aromatic amines is 1. The first-order valence-corrected chi connectivity index (χ1v) is 9.10. The van der Waals surface area contributed by atoms with Crippen LogP contribution in [-0.2, 0) is 4.79 Å². The van der Waals surface area contributed by atoms with Crippen molar-refractivity contribution >= 4 is 34.1 Å². The summed E-state index contributed by atoms with van der Waals surface area (Å²) in [5, 5.41) is 11.6. The highest BCUT2D eigenvalue weighted by Crippen LogP contribution is 2.28. The molecule has 0 spiro atoms. The zero-order valence-electron chi connectivity index (χ0n) is 15.0. The molecule has 0 aliphatic carbocycles. The molecule has 0 bridgehead atoms. The summed E-state index contributed by atoms with van der Waals surface area (Å²) in [5.41, 5.74) is 3.28. The van der Waals surface area contributed by atoms with Gasteiger partial charge in [-0.3, -0.25) is 14.9 Å². The number of carbonyl (C=O) groups is 1. The molecule has 2 aromatic carbocycles. The fourth-order valence-electron chi connectivity index (χ4n) is 2.85. The number of anilines is 1. The van der Waals surface area contributed by atoms with Crippen molar-refractivity contribution in [2.24, 2.45) is 0 Å². The fourth-order valence-corrected chi connectivity index (χ4v) is 3.03. The lowest BCUT2D eigenvalue weighted by Gasteiger charge is -2.15. The van der Waals surface area contributed by atoms with E-state index in [2.05, 4.69) is 20.5 Å². The van der Waals surface area contributed by atoms with Crippen LogP contribution >= 0.6 is 11.6 Å². The third-order valence-corrected chi connectivity index (χ3v) is 4.61. The van der Waals surface area contributed by atoms with E-state index in [1.54, 1.807) is 43.6 Å². The molecule has 7 heteroatoms. The van der Waals surface area contributed by atoms with Gasteiger partial charge in [-0.05, 0) is 49.4 Å². The predicted octanol–water partition coefficient (Wildman–Crippen LogP) is 4.68. The molecule has 0 radical (unpaired) electrons. The van der Waals surface area contributed by atoms with Gasteiger partial charge in [-0.2, -0.15) is 5.10 Å². The molecule has 6 nitrogen and oxygen atoms in total. The van der Waals surface area contributed by atoms with Crippen LogP contribution in [-0.4, -0.2) is 27.2 Å². The largest absolute Gasteiger partial charge is 0.479 e. The molecule has 1 atom stereocenters. The first kappa shape index (κ1) is 18.0. The van der Waals surface area contributed by atoms with E-state index in [1.165, 1.54) is 0 Å². The van der Waals surface area contributed by atoms with Crippen LogP contribution in [0.1, 0.15) is 6.92 Å². The minimum absolute atomic E-state index is 0.270. The molecule has 2 aromatic heterocycles. The normalized spacial score (nSPS) is 11.9. The molecule has 0 fully saturated rings. The Morgan fingerprint density at radius 1 is 1.14 bits per heavy atom. The van der Waals surface area contributed by atoms with Crippen LogP contribution in [0.4, 0.5) is 5.69 Å². The molecule has 0 saturated carbocycles. The SMILES string of the molecule is CC(Oc1ccccc1Cl)C(=O)Nc1ccc2[nH]nc(-c3ccncc3)c2c1. The maximum absolute atomic E-state index is 12.5. The summed E-state index contributed by atoms with van der Waals surface area (Å²) >= 11 is 6.09. The lowest BCUT2D eigenvalue weighted by atomic mass is 10.1. The van der Waals surface area contributed by atoms with Gasteiger partial charge in [-0.25, -0.2) is 0 Å². The summed E-state index contributed by atoms with van der Waals surface area (Å²) < 4.78 is 5.68. The van der Waals surface area contributed by atoms with E-state index in [1.807, 2.05) is 30.3 Å². The summed E-state index contributed by atoms with van der Waals surface area (Å²) in [5.74, 6) is 0.199. The van der Waals surface area contributed by atoms with Crippen LogP contribution < -0.4 is 10.1 Å². The Balaban J connectivity index is 1.54. The van der Waals surface area contributed by atoms with Gasteiger partial charge >= 0.3 is 0 Å². The summed E-state index contributed by atoms with van der Waals surface area (Å²) in [6.07, 6.45) is 2.73. The second kappa shape index (κ2) is 7.70. The van der Waals surface area contributed by atoms with Crippen LogP contribution in [0, 0.1) is 0 Å². The van der Waals surface area contributed by atoms with Gasteiger partial charge in [0.2, 0.25) is 0 Å². The van der Waals surface area contributed by atoms with E-state index < -0.39 is 6.10 Å². The van der Waals surface area contributed by atoms with Gasteiger partial charge in [0.25, 0.3) is 5.91 Å². The minimum Gasteiger partial charge on any atom is -0.479 e. The number of ether oxygens (including phenoxy) is 1. The van der Waals surface area contributed by atoms with E-state index in [9.17, 15) is 4.79 Å². The monoisotopic (exact) mass is 392 g/mol. The van der Waals surface area contributed by atoms with Gasteiger partial charge in [-0.1, -0.05) is 23.7 Å². The number of nitrogens with one attached hydrogen (secondary N) is 2. The number of rotatable bonds is 5. The van der Waals surface area contributed by atoms with E-state index in [4.69, 9.17) is 16.3 Å². The zero-order valence-corrected chi connectivity index (χ0v) is 15.8. The Morgan fingerprint density at radius 2 is 1.93 bits per heavy atom. The van der Waals surface area contributed by atoms with Crippen molar-refractivity contribution in [2.45, 2.75) is 13.0 Å². The van der Waals surface area contributed by atoms with Crippen molar-refractivity contribution in [2.75, 3.05) is 5.32 Å². The van der Waals surface area contributed by atoms with Gasteiger partial charge in [0.1, 0.15) is 11.4 Å². The van der Waals surface area contributed by atoms with Gasteiger partial charge in [0.05, 0.1) is 10.5 Å². The van der Waals surface area contributed by atoms with Gasteiger partial charge < -0.3 is 10.1 Å². The number of para-hydroxylation sites is 1. The van der Waals surface area contributed by atoms with E-state index in [-0.39, 0.29) is 5.91 Å². The Hall–Kier alpha value is -3.38. The van der Waals surface area contributed by atoms with Crippen LogP contribution in [0.25, 0.3) is 22.2 Å². The summed E-state index contributed by atoms with van der Waals surface area (Å²) in [4.78, 5) is 16.6. The predicted molar refractivity (Wildman–Crippen MR) is 109 cm³/mol. The van der Waals surface area contributed by atoms with Crippen molar-refractivity contribution < 1.29 is 9.53 Å². The van der Waals surface area contributed by atoms with E-state index in [0.717, 1.165) is 22.2 Å². The molecule has 4 rings (SSSR count). The Bertz CT molecular complexity index is 1130. The number of hydrogen-bond donors (Lipinski definition) is 2. The molecule has 4 aromatic rings. The quantitative estimate of drug-likeness (QED) is 0.516. The smallest absolute Gasteiger partial charge is 0.265 e. The van der Waals surface area contributed by atoms with Crippen molar-refractivity contribution in [1.29, 1.82) is 0 Å². The number of pyridine rings is 1. The Labute approximate surface area is 166 Å². The number of nitrogens with zero attached hydrogens (tertiary/aromatic N) is 2. The second-order valence-electron chi connectivity index (χ2n) is 6.25. The van der Waals surface area contributed by atoms with Gasteiger partial charge in [-0.15, -0.1) is 0 Å². The topological polar surface area (TPSA) is 79.9 Å². The molecule has 0 aliphatic rings. The van der Waals surface area contributed by atoms with Crippen LogP contribution in [0.15, 0.2) is 67.0 Å². The minimum atomic E-state index is -0.709. The number of amides is 1. The lowest BCUT2D eigenvalue weighted by molar-refractivity contribution is -0.122. The molecule has 2 heterocycles. The molecular weight excluding hydrogens is 376 g/mol. The number of benzene rings is 2. The number of halogens is 1. The second-order valence-corrected chi connectivity index (χ2v) is 6.66. The highest BCUT2D eigenvalue weighted by molar-refractivity contribution is 6.32. The number of fused-ring (bicyclic) bond motifs is 1. The third-order valence-electron chi connectivity index (χ3n) is 4.29. The maximum Gasteiger partial charge on any atom is 0.265 e. The summed E-state index contributed by atoms with van der Waals surface area (Å²) in [6.45, 7) is 1.68. The highest BCUT2D eigenvalue weighted by atomic mass is 35.5. The van der Waals surface area contributed by atoms with Crippen LogP contribution in [0.2, 0.25) is 5.02 Å². The molecule has 28 heavy (non-hydrogen) atoms. The molecule has 1 amide bonds. The van der Waals surface area contributed by atoms with Crippen molar-refractivity contribution in [3.63, 3.8) is 0 Å². The lowest BCUT2D eigenvalue weighted by Crippen LogP contribution is -2.30. The fraction of sp³-hybridized carbons (Fsp3) is 0.0952. The first-order valence-electron chi connectivity index (χ1n) is 8.72. The number of H-pyrrole nitrogens is 1. The third kappa shape index (κ3) is 3.68. The number of carbonyl (C=O) groups excluding carboxylic acids is 1. The molecule has 1 unspecified atom stereocenters. The molecular formula is C21H17ClN4O2. The van der Waals surface area contributed by atoms with Crippen LogP contribution in [0.5, 0.6) is 5.75 Å². The molecule has 2 N–H and O–H groups in total. The van der Waals surface area contributed by atoms with Crippen molar-refractivity contribution in [3.05, 3.63) is 72.0 Å². The molecule has 0 aliphatic heterocycles. The zero-order chi connectivity index (χ0) is 19.5. The maximum atomic E-state index is 12.5. The molecule has 140 valence electrons. The van der Waals surface area contributed by atoms with E-state index in [0.29, 0.717) is 16.5 Å². The van der Waals surface area contributed by atoms with Crippen molar-refractivity contribution in [3.8, 4) is 17.0 Å².